The van der Waals surface area contributed by atoms with E-state index in [1.54, 1.807) is 18.2 Å². The van der Waals surface area contributed by atoms with Gasteiger partial charge in [-0.25, -0.2) is 4.98 Å². The first-order valence-corrected chi connectivity index (χ1v) is 7.00. The fourth-order valence-electron chi connectivity index (χ4n) is 2.35. The van der Waals surface area contributed by atoms with Gasteiger partial charge in [0.2, 0.25) is 0 Å². The smallest absolute Gasteiger partial charge is 0.253 e. The topological polar surface area (TPSA) is 74.2 Å². The number of pyridine rings is 1. The molecule has 0 bridgehead atoms. The Morgan fingerprint density at radius 2 is 2.25 bits per heavy atom. The Balaban J connectivity index is 1.94. The summed E-state index contributed by atoms with van der Waals surface area (Å²) in [6.45, 7) is 3.99. The number of amides is 1. The minimum absolute atomic E-state index is 0.0525. The van der Waals surface area contributed by atoms with Crippen LogP contribution in [-0.2, 0) is 0 Å². The van der Waals surface area contributed by atoms with Gasteiger partial charge in [-0.3, -0.25) is 4.79 Å². The number of nitrogens with zero attached hydrogens (tertiary/aromatic N) is 1. The minimum atomic E-state index is -0.318. The van der Waals surface area contributed by atoms with Gasteiger partial charge in [0, 0.05) is 12.7 Å². The number of hydrogen-bond acceptors (Lipinski definition) is 4. The average Bonchev–Trinajstić information content (AvgIpc) is 2.48. The van der Waals surface area contributed by atoms with E-state index in [0.717, 1.165) is 25.7 Å². The van der Waals surface area contributed by atoms with Crippen molar-refractivity contribution in [2.45, 2.75) is 37.8 Å². The zero-order valence-corrected chi connectivity index (χ0v) is 11.5. The third kappa shape index (κ3) is 3.81. The molecule has 2 rings (SSSR count). The molecule has 108 valence electrons. The van der Waals surface area contributed by atoms with Crippen molar-refractivity contribution in [3.8, 4) is 0 Å². The Morgan fingerprint density at radius 1 is 1.45 bits per heavy atom. The fraction of sp³-hybridized carbons (Fsp3) is 0.467. The third-order valence-corrected chi connectivity index (χ3v) is 3.50. The van der Waals surface area contributed by atoms with Gasteiger partial charge in [-0.15, -0.1) is 6.58 Å². The standard InChI is InChI=1S/C15H21N3O2/c1-2-9-16-15(20)11-7-8-14(17-10-11)18-12-5-3-4-6-13(12)19/h2,7-8,10,12-13,19H,1,3-6,9H2,(H,16,20)(H,17,18)/t12-,13-/m1/s1. The molecule has 3 N–H and O–H groups in total. The molecule has 0 saturated heterocycles. The normalized spacial score (nSPS) is 22.1. The number of carbonyl (C=O) groups is 1. The van der Waals surface area contributed by atoms with Gasteiger partial charge in [-0.2, -0.15) is 0 Å². The van der Waals surface area contributed by atoms with Crippen molar-refractivity contribution in [2.24, 2.45) is 0 Å². The van der Waals surface area contributed by atoms with E-state index in [2.05, 4.69) is 22.2 Å². The Morgan fingerprint density at radius 3 is 2.90 bits per heavy atom. The number of aromatic nitrogens is 1. The highest BCUT2D eigenvalue weighted by Crippen LogP contribution is 2.21. The third-order valence-electron chi connectivity index (χ3n) is 3.50. The van der Waals surface area contributed by atoms with Gasteiger partial charge < -0.3 is 15.7 Å². The van der Waals surface area contributed by atoms with Crippen LogP contribution in [0.15, 0.2) is 31.0 Å². The molecule has 0 aliphatic heterocycles. The summed E-state index contributed by atoms with van der Waals surface area (Å²) in [4.78, 5) is 15.9. The van der Waals surface area contributed by atoms with E-state index in [9.17, 15) is 9.90 Å². The van der Waals surface area contributed by atoms with Gasteiger partial charge in [-0.1, -0.05) is 18.9 Å². The molecule has 1 aliphatic carbocycles. The first-order chi connectivity index (χ1) is 9.70. The van der Waals surface area contributed by atoms with Gasteiger partial charge in [0.15, 0.2) is 0 Å². The van der Waals surface area contributed by atoms with Crippen molar-refractivity contribution >= 4 is 11.7 Å². The largest absolute Gasteiger partial charge is 0.391 e. The van der Waals surface area contributed by atoms with Crippen molar-refractivity contribution in [3.63, 3.8) is 0 Å². The molecule has 1 aromatic heterocycles. The lowest BCUT2D eigenvalue weighted by atomic mass is 9.92. The van der Waals surface area contributed by atoms with E-state index in [1.807, 2.05) is 0 Å². The SMILES string of the molecule is C=CCNC(=O)c1ccc(N[C@@H]2CCCC[C@H]2O)nc1. The van der Waals surface area contributed by atoms with E-state index in [1.165, 1.54) is 6.20 Å². The van der Waals surface area contributed by atoms with Crippen LogP contribution in [0.3, 0.4) is 0 Å². The molecule has 20 heavy (non-hydrogen) atoms. The lowest BCUT2D eigenvalue weighted by Gasteiger charge is -2.28. The number of hydrogen-bond donors (Lipinski definition) is 3. The van der Waals surface area contributed by atoms with Crippen LogP contribution < -0.4 is 10.6 Å². The summed E-state index contributed by atoms with van der Waals surface area (Å²) in [5, 5.41) is 15.8. The van der Waals surface area contributed by atoms with Crippen LogP contribution >= 0.6 is 0 Å². The van der Waals surface area contributed by atoms with Gasteiger partial charge in [0.1, 0.15) is 5.82 Å². The van der Waals surface area contributed by atoms with Crippen LogP contribution in [0, 0.1) is 0 Å². The number of aliphatic hydroxyl groups is 1. The molecule has 1 aromatic rings. The Kier molecular flexibility index (Phi) is 5.12. The number of nitrogens with one attached hydrogen (secondary N) is 2. The highest BCUT2D eigenvalue weighted by atomic mass is 16.3. The quantitative estimate of drug-likeness (QED) is 0.715. The van der Waals surface area contributed by atoms with Crippen molar-refractivity contribution in [2.75, 3.05) is 11.9 Å². The summed E-state index contributed by atoms with van der Waals surface area (Å²) >= 11 is 0. The number of carbonyl (C=O) groups excluding carboxylic acids is 1. The predicted molar refractivity (Wildman–Crippen MR) is 78.7 cm³/mol. The van der Waals surface area contributed by atoms with Gasteiger partial charge in [-0.05, 0) is 25.0 Å². The van der Waals surface area contributed by atoms with Crippen LogP contribution in [-0.4, -0.2) is 34.7 Å². The monoisotopic (exact) mass is 275 g/mol. The highest BCUT2D eigenvalue weighted by molar-refractivity contribution is 5.94. The highest BCUT2D eigenvalue weighted by Gasteiger charge is 2.22. The maximum absolute atomic E-state index is 11.7. The molecule has 1 fully saturated rings. The zero-order chi connectivity index (χ0) is 14.4. The number of rotatable bonds is 5. The lowest BCUT2D eigenvalue weighted by molar-refractivity contribution is 0.0957. The van der Waals surface area contributed by atoms with E-state index in [-0.39, 0.29) is 18.1 Å². The van der Waals surface area contributed by atoms with Gasteiger partial charge in [0.05, 0.1) is 17.7 Å². The fourth-order valence-corrected chi connectivity index (χ4v) is 2.35. The van der Waals surface area contributed by atoms with Crippen LogP contribution in [0.25, 0.3) is 0 Å². The number of aliphatic hydroxyl groups excluding tert-OH is 1. The van der Waals surface area contributed by atoms with E-state index in [4.69, 9.17) is 0 Å². The molecule has 0 radical (unpaired) electrons. The molecule has 5 nitrogen and oxygen atoms in total. The minimum Gasteiger partial charge on any atom is -0.391 e. The Hall–Kier alpha value is -1.88. The first-order valence-electron chi connectivity index (χ1n) is 7.00. The molecule has 2 atom stereocenters. The van der Waals surface area contributed by atoms with E-state index < -0.39 is 0 Å². The summed E-state index contributed by atoms with van der Waals surface area (Å²) in [7, 11) is 0. The van der Waals surface area contributed by atoms with Crippen molar-refractivity contribution in [1.29, 1.82) is 0 Å². The lowest BCUT2D eigenvalue weighted by Crippen LogP contribution is -2.36. The summed E-state index contributed by atoms with van der Waals surface area (Å²) in [5.74, 6) is 0.526. The maximum atomic E-state index is 11.7. The number of anilines is 1. The Bertz CT molecular complexity index is 459. The summed E-state index contributed by atoms with van der Waals surface area (Å²) in [6, 6.07) is 3.55. The van der Waals surface area contributed by atoms with E-state index in [0.29, 0.717) is 17.9 Å². The molecule has 0 unspecified atom stereocenters. The molecular weight excluding hydrogens is 254 g/mol. The molecule has 0 spiro atoms. The Labute approximate surface area is 119 Å². The zero-order valence-electron chi connectivity index (χ0n) is 11.5. The van der Waals surface area contributed by atoms with Crippen LogP contribution in [0.1, 0.15) is 36.0 Å². The second kappa shape index (κ2) is 7.05. The second-order valence-electron chi connectivity index (χ2n) is 5.03. The first kappa shape index (κ1) is 14.5. The summed E-state index contributed by atoms with van der Waals surface area (Å²) in [5.41, 5.74) is 0.515. The van der Waals surface area contributed by atoms with E-state index >= 15 is 0 Å². The van der Waals surface area contributed by atoms with Crippen LogP contribution in [0.2, 0.25) is 0 Å². The average molecular weight is 275 g/mol. The summed E-state index contributed by atoms with van der Waals surface area (Å²) in [6.07, 6.45) is 6.83. The van der Waals surface area contributed by atoms with Gasteiger partial charge >= 0.3 is 0 Å². The molecule has 1 heterocycles. The van der Waals surface area contributed by atoms with Gasteiger partial charge in [0.25, 0.3) is 5.91 Å². The molecular formula is C15H21N3O2. The van der Waals surface area contributed by atoms with Crippen molar-refractivity contribution in [1.82, 2.24) is 10.3 Å². The molecule has 1 saturated carbocycles. The van der Waals surface area contributed by atoms with Crippen molar-refractivity contribution in [3.05, 3.63) is 36.5 Å². The van der Waals surface area contributed by atoms with Crippen LogP contribution in [0.5, 0.6) is 0 Å². The molecule has 0 aromatic carbocycles. The predicted octanol–water partition coefficient (Wildman–Crippen LogP) is 1.71. The molecule has 1 aliphatic rings. The molecule has 1 amide bonds. The summed E-state index contributed by atoms with van der Waals surface area (Å²) < 4.78 is 0. The second-order valence-corrected chi connectivity index (χ2v) is 5.03. The van der Waals surface area contributed by atoms with Crippen LogP contribution in [0.4, 0.5) is 5.82 Å². The maximum Gasteiger partial charge on any atom is 0.253 e. The van der Waals surface area contributed by atoms with Crippen molar-refractivity contribution < 1.29 is 9.90 Å². The molecule has 5 heteroatoms.